The average Bonchev–Trinajstić information content (AvgIpc) is 3.10. The van der Waals surface area contributed by atoms with Crippen LogP contribution in [0.15, 0.2) is 11.6 Å². The van der Waals surface area contributed by atoms with Gasteiger partial charge in [-0.1, -0.05) is 47.1 Å². The minimum absolute atomic E-state index is 0.0118. The van der Waals surface area contributed by atoms with Crippen molar-refractivity contribution in [1.29, 1.82) is 0 Å². The molecule has 0 aromatic heterocycles. The minimum atomic E-state index is -1.90. The van der Waals surface area contributed by atoms with E-state index in [9.17, 15) is 50.1 Å². The van der Waals surface area contributed by atoms with Gasteiger partial charge in [-0.3, -0.25) is 9.59 Å². The van der Waals surface area contributed by atoms with Crippen LogP contribution < -0.4 is 0 Å². The highest BCUT2D eigenvalue weighted by molar-refractivity contribution is 5.95. The van der Waals surface area contributed by atoms with Crippen molar-refractivity contribution in [1.82, 2.24) is 0 Å². The Kier molecular flexibility index (Phi) is 10.1. The van der Waals surface area contributed by atoms with Crippen molar-refractivity contribution in [2.45, 2.75) is 168 Å². The van der Waals surface area contributed by atoms with Crippen LogP contribution in [0.2, 0.25) is 0 Å². The first kappa shape index (κ1) is 41.2. The molecule has 7 aliphatic rings. The zero-order valence-corrected chi connectivity index (χ0v) is 33.1. The zero-order chi connectivity index (χ0) is 40.4. The number of ketones is 1. The van der Waals surface area contributed by atoms with Gasteiger partial charge in [-0.05, 0) is 110 Å². The molecule has 4 saturated carbocycles. The van der Waals surface area contributed by atoms with Gasteiger partial charge in [0.1, 0.15) is 36.6 Å². The highest BCUT2D eigenvalue weighted by Crippen LogP contribution is 2.75. The highest BCUT2D eigenvalue weighted by Gasteiger charge is 2.71. The highest BCUT2D eigenvalue weighted by atomic mass is 16.7. The maximum Gasteiger partial charge on any atom is 0.335 e. The van der Waals surface area contributed by atoms with Gasteiger partial charge in [0, 0.05) is 5.92 Å². The van der Waals surface area contributed by atoms with Gasteiger partial charge in [0.25, 0.3) is 0 Å². The third-order valence-corrected chi connectivity index (χ3v) is 16.9. The molecule has 5 aliphatic carbocycles. The molecule has 6 fully saturated rings. The summed E-state index contributed by atoms with van der Waals surface area (Å²) in [6.45, 7) is 14.8. The normalized spacial score (nSPS) is 53.5. The number of aliphatic hydroxyl groups excluding tert-OH is 5. The Labute approximate surface area is 322 Å². The Bertz CT molecular complexity index is 1600. The van der Waals surface area contributed by atoms with E-state index < -0.39 is 89.6 Å². The lowest BCUT2D eigenvalue weighted by molar-refractivity contribution is -0.349. The van der Waals surface area contributed by atoms with E-state index in [0.29, 0.717) is 25.7 Å². The number of hydrogen-bond donors (Lipinski definition) is 7. The average molecular weight is 779 g/mol. The first-order chi connectivity index (χ1) is 25.4. The first-order valence-corrected chi connectivity index (χ1v) is 20.2. The van der Waals surface area contributed by atoms with Crippen LogP contribution in [0.25, 0.3) is 0 Å². The van der Waals surface area contributed by atoms with Crippen molar-refractivity contribution in [3.05, 3.63) is 11.6 Å². The number of rotatable bonds is 6. The van der Waals surface area contributed by atoms with E-state index in [4.69, 9.17) is 18.9 Å². The third-order valence-electron chi connectivity index (χ3n) is 16.9. The van der Waals surface area contributed by atoms with Crippen LogP contribution in [0.1, 0.15) is 106 Å². The van der Waals surface area contributed by atoms with Gasteiger partial charge in [-0.25, -0.2) is 4.79 Å². The summed E-state index contributed by atoms with van der Waals surface area (Å²) in [5.74, 6) is -2.48. The SMILES string of the molecule is CC1(C)[C@@H](OC2O[C@H](C(=O)O)[C@@H](O)[C@H](O)C2OC2CO[C@@H](O)[C@H](O)[C@H]2O)CC[C@]2(C)[C@H]3C(=O)C=C4[C@@H]5C[C@](C)(C(=O)O)CC[C@]5(C)CC[C@@]4(C)[C@]3(C)CC[C@@H]12. The topological polar surface area (TPSA) is 230 Å². The number of fused-ring (bicyclic) bond motifs is 7. The van der Waals surface area contributed by atoms with Gasteiger partial charge in [0.05, 0.1) is 18.1 Å². The summed E-state index contributed by atoms with van der Waals surface area (Å²) < 4.78 is 23.5. The van der Waals surface area contributed by atoms with E-state index in [1.165, 1.54) is 0 Å². The van der Waals surface area contributed by atoms with E-state index in [1.54, 1.807) is 0 Å². The molecule has 310 valence electrons. The number of carboxylic acids is 2. The number of ether oxygens (including phenoxy) is 4. The molecule has 14 heteroatoms. The third kappa shape index (κ3) is 6.01. The summed E-state index contributed by atoms with van der Waals surface area (Å²) in [6, 6.07) is 0. The second kappa shape index (κ2) is 13.5. The molecule has 2 heterocycles. The lowest BCUT2D eigenvalue weighted by atomic mass is 9.33. The maximum absolute atomic E-state index is 14.8. The Morgan fingerprint density at radius 3 is 2.13 bits per heavy atom. The zero-order valence-electron chi connectivity index (χ0n) is 33.1. The molecular formula is C41H62O14. The lowest BCUT2D eigenvalue weighted by Gasteiger charge is -2.70. The standard InChI is InChI=1S/C41H62O14/c1-36(2)23-8-11-41(7)31(21(42)16-19-20-17-38(4,35(50)51)13-12-37(20,3)14-15-40(19,41)6)39(23,5)10-9-24(36)54-34-30(27(45)26(44)29(55-34)32(47)48)53-22-18-52-33(49)28(46)25(22)43/h16,20,22-31,33-34,43-46,49H,8-15,17-18H2,1-7H3,(H,47,48)(H,50,51)/t20-,22?,23-,24-,25-,26-,27-,28+,29-,30?,31+,33+,34?,37+,38+,39-,40+,41+/m0/s1. The molecule has 18 atom stereocenters. The Morgan fingerprint density at radius 1 is 0.800 bits per heavy atom. The van der Waals surface area contributed by atoms with Crippen LogP contribution in [0.5, 0.6) is 0 Å². The summed E-state index contributed by atoms with van der Waals surface area (Å²) in [5, 5.41) is 72.7. The smallest absolute Gasteiger partial charge is 0.335 e. The number of hydrogen-bond acceptors (Lipinski definition) is 12. The molecule has 0 amide bonds. The fraction of sp³-hybridized carbons (Fsp3) is 0.878. The number of carboxylic acid groups (broad SMARTS) is 2. The minimum Gasteiger partial charge on any atom is -0.481 e. The van der Waals surface area contributed by atoms with Crippen LogP contribution in [0, 0.1) is 50.2 Å². The fourth-order valence-corrected chi connectivity index (χ4v) is 13.2. The molecule has 7 rings (SSSR count). The summed E-state index contributed by atoms with van der Waals surface area (Å²) in [5.41, 5.74) is -1.46. The number of aliphatic carboxylic acids is 2. The molecule has 14 nitrogen and oxygen atoms in total. The number of allylic oxidation sites excluding steroid dienone is 2. The van der Waals surface area contributed by atoms with Crippen molar-refractivity contribution in [2.75, 3.05) is 6.61 Å². The van der Waals surface area contributed by atoms with Crippen molar-refractivity contribution >= 4 is 17.7 Å². The van der Waals surface area contributed by atoms with Crippen LogP contribution in [-0.4, -0.2) is 121 Å². The Hall–Kier alpha value is -2.01. The van der Waals surface area contributed by atoms with Crippen LogP contribution >= 0.6 is 0 Å². The molecule has 0 bridgehead atoms. The van der Waals surface area contributed by atoms with Gasteiger partial charge >= 0.3 is 11.9 Å². The van der Waals surface area contributed by atoms with Crippen molar-refractivity contribution in [3.63, 3.8) is 0 Å². The van der Waals surface area contributed by atoms with Gasteiger partial charge in [-0.2, -0.15) is 0 Å². The Morgan fingerprint density at radius 2 is 1.47 bits per heavy atom. The van der Waals surface area contributed by atoms with Crippen molar-refractivity contribution < 1.29 is 69.1 Å². The predicted molar refractivity (Wildman–Crippen MR) is 193 cm³/mol. The molecule has 3 unspecified atom stereocenters. The summed E-state index contributed by atoms with van der Waals surface area (Å²) in [7, 11) is 0. The van der Waals surface area contributed by atoms with E-state index in [2.05, 4.69) is 41.5 Å². The Balaban J connectivity index is 1.17. The number of carbonyl (C=O) groups excluding carboxylic acids is 1. The predicted octanol–water partition coefficient (Wildman–Crippen LogP) is 2.79. The van der Waals surface area contributed by atoms with Gasteiger partial charge in [-0.15, -0.1) is 0 Å². The van der Waals surface area contributed by atoms with Crippen LogP contribution in [-0.2, 0) is 33.3 Å². The van der Waals surface area contributed by atoms with Crippen LogP contribution in [0.4, 0.5) is 0 Å². The van der Waals surface area contributed by atoms with E-state index in [1.807, 2.05) is 13.0 Å². The second-order valence-corrected chi connectivity index (χ2v) is 20.1. The van der Waals surface area contributed by atoms with E-state index >= 15 is 0 Å². The van der Waals surface area contributed by atoms with Crippen molar-refractivity contribution in [2.24, 2.45) is 50.2 Å². The molecule has 0 aromatic carbocycles. The quantitative estimate of drug-likeness (QED) is 0.193. The molecule has 55 heavy (non-hydrogen) atoms. The fourth-order valence-electron chi connectivity index (χ4n) is 13.2. The largest absolute Gasteiger partial charge is 0.481 e. The van der Waals surface area contributed by atoms with Gasteiger partial charge in [0.2, 0.25) is 0 Å². The molecule has 0 radical (unpaired) electrons. The molecule has 2 aliphatic heterocycles. The van der Waals surface area contributed by atoms with Gasteiger partial charge in [0.15, 0.2) is 24.5 Å². The molecule has 7 N–H and O–H groups in total. The molecule has 0 spiro atoms. The maximum atomic E-state index is 14.8. The van der Waals surface area contributed by atoms with Gasteiger partial charge < -0.3 is 54.7 Å². The summed E-state index contributed by atoms with van der Waals surface area (Å²) in [6.07, 6.45) is -6.98. The summed E-state index contributed by atoms with van der Waals surface area (Å²) >= 11 is 0. The molecule has 2 saturated heterocycles. The summed E-state index contributed by atoms with van der Waals surface area (Å²) in [4.78, 5) is 39.4. The van der Waals surface area contributed by atoms with Crippen LogP contribution in [0.3, 0.4) is 0 Å². The molecular weight excluding hydrogens is 716 g/mol. The lowest BCUT2D eigenvalue weighted by Crippen LogP contribution is -2.68. The van der Waals surface area contributed by atoms with E-state index in [0.717, 1.165) is 37.7 Å². The molecule has 0 aromatic rings. The van der Waals surface area contributed by atoms with Crippen molar-refractivity contribution in [3.8, 4) is 0 Å². The van der Waals surface area contributed by atoms with E-state index in [-0.39, 0.29) is 46.4 Å². The second-order valence-electron chi connectivity index (χ2n) is 20.1. The number of aliphatic hydroxyl groups is 5. The monoisotopic (exact) mass is 778 g/mol. The number of carbonyl (C=O) groups is 3. The first-order valence-electron chi connectivity index (χ1n) is 20.2.